The summed E-state index contributed by atoms with van der Waals surface area (Å²) in [5.74, 6) is -0.203. The second kappa shape index (κ2) is 23.6. The number of amides is 2. The van der Waals surface area contributed by atoms with Gasteiger partial charge in [0.15, 0.2) is 11.6 Å². The Morgan fingerprint density at radius 3 is 0.947 bits per heavy atom. The molecule has 2 aliphatic carbocycles. The van der Waals surface area contributed by atoms with Gasteiger partial charge in [0, 0.05) is 35.3 Å². The van der Waals surface area contributed by atoms with Crippen molar-refractivity contribution in [3.8, 4) is 0 Å². The van der Waals surface area contributed by atoms with Gasteiger partial charge in [-0.2, -0.15) is 0 Å². The number of ketones is 2. The fourth-order valence-corrected chi connectivity index (χ4v) is 11.8. The zero-order valence-corrected chi connectivity index (χ0v) is 44.7. The average molecular weight is 1010 g/mol. The minimum absolute atomic E-state index is 0.0274. The smallest absolute Gasteiger partial charge is 0.261 e. The summed E-state index contributed by atoms with van der Waals surface area (Å²) in [5.41, 5.74) is 14.2. The molecule has 0 spiro atoms. The van der Waals surface area contributed by atoms with Crippen molar-refractivity contribution in [3.63, 3.8) is 0 Å². The van der Waals surface area contributed by atoms with Crippen molar-refractivity contribution in [1.82, 2.24) is 19.6 Å². The van der Waals surface area contributed by atoms with Gasteiger partial charge in [-0.25, -0.2) is 0 Å². The van der Waals surface area contributed by atoms with Gasteiger partial charge in [0.1, 0.15) is 0 Å². The van der Waals surface area contributed by atoms with E-state index in [-0.39, 0.29) is 23.4 Å². The Labute approximate surface area is 449 Å². The fraction of sp³-hybridized carbons (Fsp3) is 0.294. The molecule has 0 aromatic heterocycles. The first kappa shape index (κ1) is 51.9. The van der Waals surface area contributed by atoms with Crippen molar-refractivity contribution in [3.05, 3.63) is 224 Å². The lowest BCUT2D eigenvalue weighted by atomic mass is 9.80. The summed E-state index contributed by atoms with van der Waals surface area (Å²) in [6.07, 6.45) is 12.2. The van der Waals surface area contributed by atoms with Gasteiger partial charge in [-0.05, 0) is 133 Å². The van der Waals surface area contributed by atoms with E-state index < -0.39 is 0 Å². The number of hydrogen-bond acceptors (Lipinski definition) is 6. The molecule has 4 aliphatic rings. The molecule has 0 atom stereocenters. The van der Waals surface area contributed by atoms with E-state index >= 15 is 9.59 Å². The van der Waals surface area contributed by atoms with Crippen molar-refractivity contribution in [1.29, 1.82) is 0 Å². The van der Waals surface area contributed by atoms with Crippen LogP contribution in [0.1, 0.15) is 155 Å². The van der Waals surface area contributed by atoms with Gasteiger partial charge in [-0.3, -0.25) is 19.2 Å². The zero-order chi connectivity index (χ0) is 52.7. The molecule has 6 aromatic carbocycles. The third-order valence-electron chi connectivity index (χ3n) is 16.0. The predicted octanol–water partition coefficient (Wildman–Crippen LogP) is 13.6. The Morgan fingerprint density at radius 1 is 0.355 bits per heavy atom. The molecule has 0 unspecified atom stereocenters. The van der Waals surface area contributed by atoms with Gasteiger partial charge in [-0.1, -0.05) is 199 Å². The average Bonchev–Trinajstić information content (AvgIpc) is 3.93. The summed E-state index contributed by atoms with van der Waals surface area (Å²) in [5, 5.41) is 0. The molecule has 0 saturated carbocycles. The van der Waals surface area contributed by atoms with Crippen LogP contribution >= 0.6 is 0 Å². The van der Waals surface area contributed by atoms with E-state index in [4.69, 9.17) is 0 Å². The Balaban J connectivity index is 1.03. The summed E-state index contributed by atoms with van der Waals surface area (Å²) in [7, 11) is 0. The van der Waals surface area contributed by atoms with Crippen LogP contribution in [0.15, 0.2) is 157 Å². The first-order valence-corrected chi connectivity index (χ1v) is 27.9. The van der Waals surface area contributed by atoms with Crippen LogP contribution < -0.4 is 0 Å². The molecule has 76 heavy (non-hydrogen) atoms. The maximum Gasteiger partial charge on any atom is 0.261 e. The molecule has 2 heterocycles. The van der Waals surface area contributed by atoms with Gasteiger partial charge in [-0.15, -0.1) is 0 Å². The monoisotopic (exact) mass is 1010 g/mol. The van der Waals surface area contributed by atoms with E-state index in [1.807, 2.05) is 107 Å². The van der Waals surface area contributed by atoms with Gasteiger partial charge < -0.3 is 19.6 Å². The number of rotatable bonds is 22. The highest BCUT2D eigenvalue weighted by Gasteiger charge is 2.48. The Bertz CT molecular complexity index is 2970. The van der Waals surface area contributed by atoms with Crippen molar-refractivity contribution in [2.24, 2.45) is 0 Å². The van der Waals surface area contributed by atoms with E-state index in [1.165, 1.54) is 0 Å². The van der Waals surface area contributed by atoms with Crippen LogP contribution in [0, 0.1) is 0 Å². The molecule has 10 rings (SSSR count). The summed E-state index contributed by atoms with van der Waals surface area (Å²) < 4.78 is 0. The number of benzene rings is 6. The largest absolute Gasteiger partial charge is 0.307 e. The standard InChI is InChI=1S/C68H70N4O4/c1-5-69(6-2)41-21-9-11-23-43-71-63(49-37-33-47(34-38-49)45-59-51-25-13-17-29-55(51)65(73)56-30-18-14-26-52(56)59)61-62(67(71)75)64(72(68(61)76)44-24-12-10-22-42-70(7-3)8-4)50-39-35-48(36-40-50)46-60-53-27-15-19-31-57(53)66(74)58-32-20-16-28-54(58)60/h13-20,25-40,45-46H,5-12,21-24,41-44H2,1-4H3. The molecule has 2 aliphatic heterocycles. The van der Waals surface area contributed by atoms with Crippen molar-refractivity contribution >= 4 is 58.1 Å². The Morgan fingerprint density at radius 2 is 0.645 bits per heavy atom. The minimum Gasteiger partial charge on any atom is -0.307 e. The number of nitrogens with zero attached hydrogens (tertiary/aromatic N) is 4. The lowest BCUT2D eigenvalue weighted by Gasteiger charge is -2.26. The number of hydrogen-bond donors (Lipinski definition) is 0. The van der Waals surface area contributed by atoms with Crippen LogP contribution in [-0.2, 0) is 9.59 Å². The predicted molar refractivity (Wildman–Crippen MR) is 309 cm³/mol. The lowest BCUT2D eigenvalue weighted by molar-refractivity contribution is -0.124. The second-order valence-electron chi connectivity index (χ2n) is 20.4. The molecule has 0 fully saturated rings. The molecule has 8 nitrogen and oxygen atoms in total. The molecule has 6 aromatic rings. The first-order valence-electron chi connectivity index (χ1n) is 27.9. The fourth-order valence-electron chi connectivity index (χ4n) is 11.8. The molecular weight excluding hydrogens is 937 g/mol. The summed E-state index contributed by atoms with van der Waals surface area (Å²) in [6, 6.07) is 47.7. The lowest BCUT2D eigenvalue weighted by Crippen LogP contribution is -2.31. The van der Waals surface area contributed by atoms with Gasteiger partial charge in [0.2, 0.25) is 0 Å². The Kier molecular flexibility index (Phi) is 16.1. The summed E-state index contributed by atoms with van der Waals surface area (Å²) in [4.78, 5) is 66.7. The van der Waals surface area contributed by atoms with E-state index in [1.54, 1.807) is 0 Å². The molecule has 8 heteroatoms. The van der Waals surface area contributed by atoms with Gasteiger partial charge in [0.25, 0.3) is 11.8 Å². The molecule has 0 bridgehead atoms. The quantitative estimate of drug-likeness (QED) is 0.0629. The SMILES string of the molecule is CCN(CC)CCCCCCN1C(=O)C2=C(c3ccc(C=C4c5ccccc5C(=O)c5ccccc54)cc3)N(CCCCCCN(CC)CC)C(=O)C2=C1c1ccc(C=C2c3ccccc3C(=O)c3ccccc32)cc1. The third-order valence-corrected chi connectivity index (χ3v) is 16.0. The highest BCUT2D eigenvalue weighted by Crippen LogP contribution is 2.47. The van der Waals surface area contributed by atoms with Crippen LogP contribution in [0.25, 0.3) is 34.7 Å². The highest BCUT2D eigenvalue weighted by atomic mass is 16.2. The van der Waals surface area contributed by atoms with Crippen molar-refractivity contribution in [2.45, 2.75) is 79.1 Å². The van der Waals surface area contributed by atoms with E-state index in [0.717, 1.165) is 146 Å². The normalized spacial score (nSPS) is 14.8. The second-order valence-corrected chi connectivity index (χ2v) is 20.4. The number of carbonyl (C=O) groups excluding carboxylic acids is 4. The van der Waals surface area contributed by atoms with Crippen LogP contribution in [0.5, 0.6) is 0 Å². The van der Waals surface area contributed by atoms with E-state index in [0.29, 0.717) is 57.9 Å². The molecular formula is C68H70N4O4. The topological polar surface area (TPSA) is 81.2 Å². The van der Waals surface area contributed by atoms with Gasteiger partial charge >= 0.3 is 0 Å². The maximum atomic E-state index is 15.4. The number of fused-ring (bicyclic) bond motifs is 5. The molecule has 0 saturated heterocycles. The number of carbonyl (C=O) groups is 4. The molecule has 0 radical (unpaired) electrons. The van der Waals surface area contributed by atoms with Crippen molar-refractivity contribution in [2.75, 3.05) is 52.4 Å². The molecule has 0 N–H and O–H groups in total. The zero-order valence-electron chi connectivity index (χ0n) is 44.7. The first-order chi connectivity index (χ1) is 37.2. The highest BCUT2D eigenvalue weighted by molar-refractivity contribution is 6.30. The minimum atomic E-state index is -0.129. The van der Waals surface area contributed by atoms with Crippen LogP contribution in [-0.4, -0.2) is 95.3 Å². The number of unbranched alkanes of at least 4 members (excludes halogenated alkanes) is 6. The maximum absolute atomic E-state index is 15.4. The third kappa shape index (κ3) is 10.3. The van der Waals surface area contributed by atoms with Gasteiger partial charge in [0.05, 0.1) is 22.5 Å². The van der Waals surface area contributed by atoms with E-state index in [9.17, 15) is 9.59 Å². The van der Waals surface area contributed by atoms with Crippen LogP contribution in [0.2, 0.25) is 0 Å². The van der Waals surface area contributed by atoms with Crippen LogP contribution in [0.3, 0.4) is 0 Å². The summed E-state index contributed by atoms with van der Waals surface area (Å²) >= 11 is 0. The van der Waals surface area contributed by atoms with E-state index in [2.05, 4.69) is 98.2 Å². The molecule has 2 amide bonds. The van der Waals surface area contributed by atoms with Crippen LogP contribution in [0.4, 0.5) is 0 Å². The Hall–Kier alpha value is -7.52. The van der Waals surface area contributed by atoms with Crippen molar-refractivity contribution < 1.29 is 19.2 Å². The molecule has 386 valence electrons. The summed E-state index contributed by atoms with van der Waals surface area (Å²) in [6.45, 7) is 16.1.